The van der Waals surface area contributed by atoms with E-state index in [9.17, 15) is 0 Å². The van der Waals surface area contributed by atoms with Crippen molar-refractivity contribution in [2.24, 2.45) is 0 Å². The molecule has 0 atom stereocenters. The summed E-state index contributed by atoms with van der Waals surface area (Å²) in [5.74, 6) is -1.08. The predicted molar refractivity (Wildman–Crippen MR) is 49.8 cm³/mol. The monoisotopic (exact) mass is 270 g/mol. The number of rotatable bonds is 4. The van der Waals surface area contributed by atoms with E-state index in [1.807, 2.05) is 0 Å². The van der Waals surface area contributed by atoms with Gasteiger partial charge in [-0.25, -0.2) is 0 Å². The summed E-state index contributed by atoms with van der Waals surface area (Å²) < 4.78 is 0. The Morgan fingerprint density at radius 1 is 1.38 bits per heavy atom. The van der Waals surface area contributed by atoms with Gasteiger partial charge >= 0.3 is 16.5 Å². The summed E-state index contributed by atoms with van der Waals surface area (Å²) in [4.78, 5) is 9.40. The quantitative estimate of drug-likeness (QED) is 0.447. The van der Waals surface area contributed by atoms with Crippen molar-refractivity contribution in [2.45, 2.75) is 39.5 Å². The fourth-order valence-electron chi connectivity index (χ4n) is 0.509. The number of aliphatic carboxylic acids is 1. The number of carbonyl (C=O) groups is 1. The Balaban J connectivity index is -0.000000173. The van der Waals surface area contributed by atoms with Crippen molar-refractivity contribution in [2.75, 3.05) is 0 Å². The minimum absolute atomic E-state index is 0. The van der Waals surface area contributed by atoms with Gasteiger partial charge in [0.1, 0.15) is 0 Å². The third-order valence-corrected chi connectivity index (χ3v) is 1.35. The molecule has 0 fully saturated rings. The second-order valence-corrected chi connectivity index (χ2v) is 3.39. The van der Waals surface area contributed by atoms with Crippen LogP contribution in [0.25, 0.3) is 0 Å². The average Bonchev–Trinajstić information content (AvgIpc) is 1.86. The van der Waals surface area contributed by atoms with Crippen LogP contribution in [0.5, 0.6) is 0 Å². The fourth-order valence-corrected chi connectivity index (χ4v) is 0.776. The Morgan fingerprint density at radius 3 is 2.00 bits per heavy atom. The minimum Gasteiger partial charge on any atom is -0.550 e. The fraction of sp³-hybridized carbons (Fsp3) is 0.750. The summed E-state index contributed by atoms with van der Waals surface area (Å²) >= 11 is 10.8. The second kappa shape index (κ2) is 15.0. The molecule has 0 aliphatic heterocycles. The van der Waals surface area contributed by atoms with Crippen LogP contribution in [0.4, 0.5) is 0 Å². The maximum atomic E-state index is 8.89. The number of unbranched alkanes of at least 4 members (excludes halogenated alkanes) is 2. The Bertz CT molecular complexity index is 106. The van der Waals surface area contributed by atoms with E-state index in [1.165, 1.54) is 12.8 Å². The molecule has 0 heterocycles. The third kappa shape index (κ3) is 45.4. The first kappa shape index (κ1) is 19.2. The number of carboxylic acids is 1. The molecule has 5 heteroatoms. The SMILES string of the molecule is CC(=O)[O-].CCCCC[C-](Cl)Cl.[Ni+2]. The zero-order valence-corrected chi connectivity index (χ0v) is 10.2. The van der Waals surface area contributed by atoms with Crippen molar-refractivity contribution in [3.63, 3.8) is 0 Å². The Kier molecular flexibility index (Phi) is 22.2. The van der Waals surface area contributed by atoms with Crippen LogP contribution < -0.4 is 5.11 Å². The Hall–Kier alpha value is 0.544. The van der Waals surface area contributed by atoms with Crippen LogP contribution in [-0.4, -0.2) is 5.97 Å². The number of carboxylic acid groups (broad SMARTS) is 1. The second-order valence-electron chi connectivity index (χ2n) is 2.29. The molecule has 0 N–H and O–H groups in total. The largest absolute Gasteiger partial charge is 2.00 e. The zero-order chi connectivity index (χ0) is 9.98. The predicted octanol–water partition coefficient (Wildman–Crippen LogP) is 2.29. The summed E-state index contributed by atoms with van der Waals surface area (Å²) in [7, 11) is 0. The van der Waals surface area contributed by atoms with Gasteiger partial charge in [0, 0.05) is 5.97 Å². The molecule has 82 valence electrons. The third-order valence-electron chi connectivity index (χ3n) is 0.969. The van der Waals surface area contributed by atoms with Crippen molar-refractivity contribution in [3.8, 4) is 0 Å². The van der Waals surface area contributed by atoms with E-state index in [0.29, 0.717) is 4.84 Å². The molecule has 0 aromatic rings. The van der Waals surface area contributed by atoms with Gasteiger partial charge in [0.15, 0.2) is 0 Å². The zero-order valence-electron chi connectivity index (χ0n) is 7.72. The summed E-state index contributed by atoms with van der Waals surface area (Å²) in [6.07, 6.45) is 4.43. The molecular formula is C8H14Cl2NiO2. The topological polar surface area (TPSA) is 40.1 Å². The van der Waals surface area contributed by atoms with E-state index in [-0.39, 0.29) is 16.5 Å². The first-order valence-corrected chi connectivity index (χ1v) is 4.60. The van der Waals surface area contributed by atoms with Crippen LogP contribution in [-0.2, 0) is 21.3 Å². The van der Waals surface area contributed by atoms with Crippen molar-refractivity contribution in [3.05, 3.63) is 4.84 Å². The molecule has 0 aliphatic rings. The number of hydrogen-bond acceptors (Lipinski definition) is 2. The summed E-state index contributed by atoms with van der Waals surface area (Å²) in [6, 6.07) is 0. The van der Waals surface area contributed by atoms with Crippen molar-refractivity contribution < 1.29 is 26.4 Å². The molecule has 0 unspecified atom stereocenters. The molecule has 0 saturated heterocycles. The van der Waals surface area contributed by atoms with Crippen molar-refractivity contribution in [1.29, 1.82) is 0 Å². The Morgan fingerprint density at radius 2 is 1.77 bits per heavy atom. The molecule has 0 amide bonds. The van der Waals surface area contributed by atoms with E-state index in [4.69, 9.17) is 33.1 Å². The van der Waals surface area contributed by atoms with Gasteiger partial charge in [-0.3, -0.25) is 0 Å². The molecule has 2 nitrogen and oxygen atoms in total. The molecule has 13 heavy (non-hydrogen) atoms. The van der Waals surface area contributed by atoms with Gasteiger partial charge in [0.25, 0.3) is 0 Å². The molecule has 0 rings (SSSR count). The number of hydrogen-bond donors (Lipinski definition) is 0. The molecule has 0 saturated carbocycles. The van der Waals surface area contributed by atoms with Gasteiger partial charge in [0.2, 0.25) is 0 Å². The summed E-state index contributed by atoms with van der Waals surface area (Å²) in [5, 5.41) is 8.89. The van der Waals surface area contributed by atoms with Crippen LogP contribution in [0.1, 0.15) is 39.5 Å². The molecule has 0 spiro atoms. The molecule has 0 radical (unpaired) electrons. The van der Waals surface area contributed by atoms with Gasteiger partial charge < -0.3 is 33.1 Å². The van der Waals surface area contributed by atoms with Crippen LogP contribution in [0.15, 0.2) is 0 Å². The molecule has 0 aromatic carbocycles. The van der Waals surface area contributed by atoms with E-state index in [1.54, 1.807) is 0 Å². The van der Waals surface area contributed by atoms with Gasteiger partial charge in [-0.2, -0.15) is 6.42 Å². The maximum absolute atomic E-state index is 8.89. The molecule has 0 aromatic heterocycles. The molecular weight excluding hydrogens is 258 g/mol. The first-order chi connectivity index (χ1) is 5.50. The normalized spacial score (nSPS) is 8.38. The minimum atomic E-state index is -1.08. The number of carbonyl (C=O) groups excluding carboxylic acids is 1. The van der Waals surface area contributed by atoms with Crippen LogP contribution in [0.3, 0.4) is 0 Å². The summed E-state index contributed by atoms with van der Waals surface area (Å²) in [6.45, 7) is 3.13. The Labute approximate surface area is 99.9 Å². The van der Waals surface area contributed by atoms with Gasteiger partial charge in [-0.05, 0) is 6.92 Å². The standard InChI is InChI=1S/C6H11Cl2.C2H4O2.Ni/c1-2-3-4-5-6(7)8;1-2(3)4;/h2-5H2,1H3;1H3,(H,3,4);/q-1;;+2/p-1. The van der Waals surface area contributed by atoms with Crippen LogP contribution in [0, 0.1) is 4.84 Å². The van der Waals surface area contributed by atoms with Gasteiger partial charge in [-0.15, -0.1) is 4.84 Å². The van der Waals surface area contributed by atoms with Gasteiger partial charge in [0.05, 0.1) is 0 Å². The van der Waals surface area contributed by atoms with Crippen LogP contribution >= 0.6 is 23.2 Å². The van der Waals surface area contributed by atoms with E-state index < -0.39 is 5.97 Å². The smallest absolute Gasteiger partial charge is 0.550 e. The molecule has 0 aliphatic carbocycles. The number of halogens is 2. The maximum Gasteiger partial charge on any atom is 2.00 e. The average molecular weight is 272 g/mol. The van der Waals surface area contributed by atoms with Gasteiger partial charge in [-0.1, -0.05) is 26.2 Å². The summed E-state index contributed by atoms with van der Waals surface area (Å²) in [5.41, 5.74) is 0. The van der Waals surface area contributed by atoms with Crippen LogP contribution in [0.2, 0.25) is 0 Å². The van der Waals surface area contributed by atoms with E-state index in [2.05, 4.69) is 6.92 Å². The van der Waals surface area contributed by atoms with E-state index >= 15 is 0 Å². The van der Waals surface area contributed by atoms with Crippen molar-refractivity contribution >= 4 is 29.2 Å². The molecule has 0 bridgehead atoms. The van der Waals surface area contributed by atoms with Crippen molar-refractivity contribution in [1.82, 2.24) is 0 Å². The first-order valence-electron chi connectivity index (χ1n) is 3.85. The van der Waals surface area contributed by atoms with E-state index in [0.717, 1.165) is 19.8 Å².